The molecular formula is C23H34N5O13P. The van der Waals surface area contributed by atoms with Crippen molar-refractivity contribution in [1.82, 2.24) is 19.1 Å². The minimum atomic E-state index is -2.26. The van der Waals surface area contributed by atoms with Crippen LogP contribution in [-0.4, -0.2) is 93.6 Å². The van der Waals surface area contributed by atoms with E-state index in [0.29, 0.717) is 11.1 Å². The van der Waals surface area contributed by atoms with Crippen molar-refractivity contribution in [2.75, 3.05) is 19.8 Å². The van der Waals surface area contributed by atoms with Crippen molar-refractivity contribution < 1.29 is 44.2 Å². The molecule has 8 N–H and O–H groups in total. The van der Waals surface area contributed by atoms with Gasteiger partial charge in [0, 0.05) is 36.4 Å². The first kappa shape index (κ1) is 35.1. The van der Waals surface area contributed by atoms with E-state index in [-0.39, 0.29) is 39.1 Å². The van der Waals surface area contributed by atoms with Crippen LogP contribution in [0.15, 0.2) is 31.6 Å². The van der Waals surface area contributed by atoms with Crippen molar-refractivity contribution in [2.45, 2.75) is 70.0 Å². The molecule has 2 aliphatic heterocycles. The van der Waals surface area contributed by atoms with Gasteiger partial charge in [-0.15, -0.1) is 0 Å². The zero-order valence-corrected chi connectivity index (χ0v) is 23.6. The van der Waals surface area contributed by atoms with Crippen LogP contribution < -0.4 is 22.5 Å². The van der Waals surface area contributed by atoms with Gasteiger partial charge >= 0.3 is 20.0 Å². The predicted octanol–water partition coefficient (Wildman–Crippen LogP) is -2.90. The van der Waals surface area contributed by atoms with Gasteiger partial charge in [0.1, 0.15) is 24.7 Å². The van der Waals surface area contributed by atoms with E-state index in [0.717, 1.165) is 0 Å². The summed E-state index contributed by atoms with van der Waals surface area (Å²) in [5, 5.41) is 44.9. The van der Waals surface area contributed by atoms with Gasteiger partial charge in [-0.2, -0.15) is 5.26 Å². The molecule has 0 amide bonds. The number of nitriles is 1. The first-order chi connectivity index (χ1) is 19.8. The van der Waals surface area contributed by atoms with Crippen LogP contribution in [0.5, 0.6) is 0 Å². The number of hydrogen-bond donors (Lipinski definition) is 8. The van der Waals surface area contributed by atoms with E-state index >= 15 is 0 Å². The first-order valence-corrected chi connectivity index (χ1v) is 13.7. The molecule has 18 nitrogen and oxygen atoms in total. The summed E-state index contributed by atoms with van der Waals surface area (Å²) in [5.41, 5.74) is -1.29. The van der Waals surface area contributed by atoms with Crippen molar-refractivity contribution in [2.24, 2.45) is 0 Å². The Hall–Kier alpha value is -3.08. The largest absolute Gasteiger partial charge is 0.394 e. The number of rotatable bonds is 7. The maximum atomic E-state index is 11.6. The molecule has 0 unspecified atom stereocenters. The Morgan fingerprint density at radius 3 is 1.62 bits per heavy atom. The number of H-pyrrole nitrogens is 2. The van der Waals surface area contributed by atoms with Crippen LogP contribution in [0.2, 0.25) is 0 Å². The molecule has 2 saturated heterocycles. The number of aryl methyl sites for hydroxylation is 2. The van der Waals surface area contributed by atoms with E-state index < -0.39 is 68.0 Å². The fraction of sp³-hybridized carbons (Fsp3) is 0.609. The SMILES string of the molecule is Cc1cn([C@H]2C[C@H](O)[C@@H](CO)O2)c(=O)[nH]c1=O.Cc1cn([C@H]2C[C@H](O)[C@@H](CO)O2)c(=O)[nH]c1=O.N#CCCOP(O)O. The van der Waals surface area contributed by atoms with Gasteiger partial charge in [0.2, 0.25) is 0 Å². The molecule has 4 heterocycles. The number of nitrogens with zero attached hydrogens (tertiary/aromatic N) is 3. The molecule has 0 aromatic carbocycles. The van der Waals surface area contributed by atoms with E-state index in [9.17, 15) is 29.4 Å². The first-order valence-electron chi connectivity index (χ1n) is 12.5. The third-order valence-electron chi connectivity index (χ3n) is 6.10. The Bertz CT molecular complexity index is 1340. The lowest BCUT2D eigenvalue weighted by Gasteiger charge is -2.14. The molecule has 0 saturated carbocycles. The zero-order valence-electron chi connectivity index (χ0n) is 22.7. The maximum absolute atomic E-state index is 11.6. The number of aromatic nitrogens is 4. The molecule has 0 radical (unpaired) electrons. The third kappa shape index (κ3) is 9.74. The Balaban J connectivity index is 0.000000236. The van der Waals surface area contributed by atoms with Crippen LogP contribution in [0.3, 0.4) is 0 Å². The lowest BCUT2D eigenvalue weighted by Crippen LogP contribution is -2.33. The van der Waals surface area contributed by atoms with Crippen LogP contribution in [0.25, 0.3) is 0 Å². The van der Waals surface area contributed by atoms with Gasteiger partial charge in [0.05, 0.1) is 44.5 Å². The summed E-state index contributed by atoms with van der Waals surface area (Å²) in [4.78, 5) is 66.0. The topological polar surface area (TPSA) is 283 Å². The van der Waals surface area contributed by atoms with E-state index in [1.165, 1.54) is 21.5 Å². The van der Waals surface area contributed by atoms with Crippen molar-refractivity contribution in [3.63, 3.8) is 0 Å². The molecular weight excluding hydrogens is 585 g/mol. The lowest BCUT2D eigenvalue weighted by atomic mass is 10.2. The molecule has 6 atom stereocenters. The smallest absolute Gasteiger partial charge is 0.330 e. The summed E-state index contributed by atoms with van der Waals surface area (Å²) in [6.07, 6.45) is -0.967. The Morgan fingerprint density at radius 1 is 0.905 bits per heavy atom. The minimum Gasteiger partial charge on any atom is -0.394 e. The molecule has 2 aromatic heterocycles. The van der Waals surface area contributed by atoms with Gasteiger partial charge < -0.3 is 44.2 Å². The van der Waals surface area contributed by atoms with E-state index in [2.05, 4.69) is 14.5 Å². The van der Waals surface area contributed by atoms with Gasteiger partial charge in [0.25, 0.3) is 11.1 Å². The fourth-order valence-corrected chi connectivity index (χ4v) is 4.13. The maximum Gasteiger partial charge on any atom is 0.330 e. The second kappa shape index (κ2) is 16.5. The van der Waals surface area contributed by atoms with Gasteiger partial charge in [-0.3, -0.25) is 28.7 Å². The number of hydrogen-bond acceptors (Lipinski definition) is 14. The normalized spacial score (nSPS) is 24.9. The summed E-state index contributed by atoms with van der Waals surface area (Å²) < 4.78 is 17.3. The average molecular weight is 620 g/mol. The Kier molecular flexibility index (Phi) is 13.8. The van der Waals surface area contributed by atoms with E-state index in [1.54, 1.807) is 19.9 Å². The van der Waals surface area contributed by atoms with Gasteiger partial charge in [0.15, 0.2) is 0 Å². The summed E-state index contributed by atoms with van der Waals surface area (Å²) in [7, 11) is -2.26. The number of aromatic amines is 2. The quantitative estimate of drug-likeness (QED) is 0.114. The molecule has 0 aliphatic carbocycles. The van der Waals surface area contributed by atoms with Crippen LogP contribution in [0.1, 0.15) is 42.8 Å². The molecule has 19 heteroatoms. The predicted molar refractivity (Wildman–Crippen MR) is 143 cm³/mol. The summed E-state index contributed by atoms with van der Waals surface area (Å²) in [6.45, 7) is 2.62. The minimum absolute atomic E-state index is 0.0925. The van der Waals surface area contributed by atoms with Gasteiger partial charge in [-0.25, -0.2) is 9.59 Å². The van der Waals surface area contributed by atoms with Gasteiger partial charge in [-0.1, -0.05) is 0 Å². The summed E-state index contributed by atoms with van der Waals surface area (Å²) in [6, 6.07) is 1.79. The van der Waals surface area contributed by atoms with Crippen LogP contribution >= 0.6 is 8.60 Å². The fourth-order valence-electron chi connectivity index (χ4n) is 3.87. The van der Waals surface area contributed by atoms with Crippen molar-refractivity contribution in [1.29, 1.82) is 5.26 Å². The highest BCUT2D eigenvalue weighted by molar-refractivity contribution is 7.39. The van der Waals surface area contributed by atoms with E-state index in [1.807, 2.05) is 0 Å². The molecule has 2 aliphatic rings. The molecule has 0 bridgehead atoms. The second-order valence-corrected chi connectivity index (χ2v) is 9.94. The molecule has 2 aromatic rings. The average Bonchev–Trinajstić information content (AvgIpc) is 3.50. The summed E-state index contributed by atoms with van der Waals surface area (Å²) in [5.74, 6) is 0. The van der Waals surface area contributed by atoms with Crippen LogP contribution in [0, 0.1) is 25.2 Å². The van der Waals surface area contributed by atoms with Crippen LogP contribution in [-0.2, 0) is 14.0 Å². The standard InChI is InChI=1S/2C10H14N2O5.C3H6NO3P/c2*1-5-3-12(10(16)11-9(5)15)8-2-6(14)7(4-13)17-8;4-2-1-3-7-8(5)6/h2*3,6-8,13-14H,2,4H2,1H3,(H,11,15,16);5-6H,1,3H2/t2*6-,7+,8+;/m00./s1. The molecule has 2 fully saturated rings. The summed E-state index contributed by atoms with van der Waals surface area (Å²) >= 11 is 0. The number of aliphatic hydroxyl groups is 4. The van der Waals surface area contributed by atoms with E-state index in [4.69, 9.17) is 34.7 Å². The van der Waals surface area contributed by atoms with Gasteiger partial charge in [-0.05, 0) is 13.8 Å². The van der Waals surface area contributed by atoms with Crippen molar-refractivity contribution in [3.05, 3.63) is 65.2 Å². The number of aliphatic hydroxyl groups excluding tert-OH is 4. The molecule has 4 rings (SSSR count). The number of ether oxygens (including phenoxy) is 2. The highest BCUT2D eigenvalue weighted by atomic mass is 31.2. The highest BCUT2D eigenvalue weighted by Gasteiger charge is 2.36. The van der Waals surface area contributed by atoms with Crippen molar-refractivity contribution in [3.8, 4) is 6.07 Å². The molecule has 234 valence electrons. The lowest BCUT2D eigenvalue weighted by molar-refractivity contribution is -0.0459. The van der Waals surface area contributed by atoms with Crippen LogP contribution in [0.4, 0.5) is 0 Å². The number of nitrogens with one attached hydrogen (secondary N) is 2. The van der Waals surface area contributed by atoms with Crippen molar-refractivity contribution >= 4 is 8.60 Å². The molecule has 42 heavy (non-hydrogen) atoms. The Labute approximate surface area is 238 Å². The third-order valence-corrected chi connectivity index (χ3v) is 6.51. The molecule has 0 spiro atoms. The monoisotopic (exact) mass is 619 g/mol. The Morgan fingerprint density at radius 2 is 1.31 bits per heavy atom. The highest BCUT2D eigenvalue weighted by Crippen LogP contribution is 2.28. The second-order valence-electron chi connectivity index (χ2n) is 9.18. The zero-order chi connectivity index (χ0) is 31.6.